The molecule has 1 aromatic rings. The Morgan fingerprint density at radius 3 is 2.84 bits per heavy atom. The zero-order valence-corrected chi connectivity index (χ0v) is 15.3. The normalized spacial score (nSPS) is 22.0. The lowest BCUT2D eigenvalue weighted by atomic mass is 9.91. The fourth-order valence-electron chi connectivity index (χ4n) is 3.93. The first-order valence-corrected chi connectivity index (χ1v) is 9.46. The molecule has 1 unspecified atom stereocenters. The molecule has 0 N–H and O–H groups in total. The van der Waals surface area contributed by atoms with Gasteiger partial charge in [0, 0.05) is 32.6 Å². The van der Waals surface area contributed by atoms with Crippen molar-refractivity contribution in [3.8, 4) is 5.75 Å². The first-order valence-electron chi connectivity index (χ1n) is 9.46. The zero-order valence-electron chi connectivity index (χ0n) is 15.3. The second-order valence-corrected chi connectivity index (χ2v) is 7.07. The number of morpholine rings is 1. The van der Waals surface area contributed by atoms with E-state index < -0.39 is 0 Å². The summed E-state index contributed by atoms with van der Waals surface area (Å²) in [5.41, 5.74) is 1.29. The third-order valence-electron chi connectivity index (χ3n) is 5.31. The van der Waals surface area contributed by atoms with Gasteiger partial charge >= 0.3 is 0 Å². The first kappa shape index (κ1) is 18.2. The van der Waals surface area contributed by atoms with Crippen LogP contribution in [-0.2, 0) is 16.0 Å². The fraction of sp³-hybridized carbons (Fsp3) is 0.650. The number of para-hydroxylation sites is 1. The van der Waals surface area contributed by atoms with Crippen molar-refractivity contribution in [3.05, 3.63) is 29.8 Å². The van der Waals surface area contributed by atoms with E-state index in [-0.39, 0.29) is 5.91 Å². The van der Waals surface area contributed by atoms with Crippen molar-refractivity contribution in [2.24, 2.45) is 5.92 Å². The Kier molecular flexibility index (Phi) is 6.70. The lowest BCUT2D eigenvalue weighted by Gasteiger charge is -2.34. The Bertz CT molecular complexity index is 558. The van der Waals surface area contributed by atoms with Crippen LogP contribution in [0.15, 0.2) is 24.3 Å². The van der Waals surface area contributed by atoms with Gasteiger partial charge in [0.2, 0.25) is 5.91 Å². The van der Waals surface area contributed by atoms with Gasteiger partial charge in [0.1, 0.15) is 5.75 Å². The van der Waals surface area contributed by atoms with Gasteiger partial charge in [-0.1, -0.05) is 18.2 Å². The van der Waals surface area contributed by atoms with Crippen molar-refractivity contribution >= 4 is 5.91 Å². The minimum absolute atomic E-state index is 0.273. The average molecular weight is 346 g/mol. The summed E-state index contributed by atoms with van der Waals surface area (Å²) in [7, 11) is 1.74. The summed E-state index contributed by atoms with van der Waals surface area (Å²) in [5.74, 6) is 1.90. The molecule has 2 aliphatic heterocycles. The molecule has 2 fully saturated rings. The minimum atomic E-state index is 0.273. The van der Waals surface area contributed by atoms with Crippen LogP contribution in [0.1, 0.15) is 24.8 Å². The lowest BCUT2D eigenvalue weighted by Crippen LogP contribution is -2.43. The van der Waals surface area contributed by atoms with Crippen molar-refractivity contribution in [1.29, 1.82) is 0 Å². The second-order valence-electron chi connectivity index (χ2n) is 7.07. The van der Waals surface area contributed by atoms with Gasteiger partial charge in [-0.25, -0.2) is 0 Å². The van der Waals surface area contributed by atoms with E-state index in [4.69, 9.17) is 9.47 Å². The summed E-state index contributed by atoms with van der Waals surface area (Å²) in [6.45, 7) is 5.91. The van der Waals surface area contributed by atoms with Gasteiger partial charge in [-0.2, -0.15) is 0 Å². The number of likely N-dealkylation sites (tertiary alicyclic amines) is 1. The molecule has 2 saturated heterocycles. The van der Waals surface area contributed by atoms with Crippen molar-refractivity contribution in [1.82, 2.24) is 9.80 Å². The van der Waals surface area contributed by atoms with Crippen LogP contribution >= 0.6 is 0 Å². The van der Waals surface area contributed by atoms with E-state index in [1.165, 1.54) is 18.4 Å². The second kappa shape index (κ2) is 9.20. The zero-order chi connectivity index (χ0) is 17.5. The summed E-state index contributed by atoms with van der Waals surface area (Å²) in [6, 6.07) is 8.31. The molecule has 5 nitrogen and oxygen atoms in total. The topological polar surface area (TPSA) is 42.0 Å². The Labute approximate surface area is 150 Å². The molecule has 5 heteroatoms. The van der Waals surface area contributed by atoms with Gasteiger partial charge in [-0.3, -0.25) is 4.79 Å². The van der Waals surface area contributed by atoms with Gasteiger partial charge in [0.05, 0.1) is 20.3 Å². The van der Waals surface area contributed by atoms with Crippen LogP contribution < -0.4 is 4.74 Å². The SMILES string of the molecule is COc1ccccc1CC1CCCN(CCC(=O)N2CCOCC2)C1. The highest BCUT2D eigenvalue weighted by atomic mass is 16.5. The number of carbonyl (C=O) groups is 1. The third kappa shape index (κ3) is 5.19. The van der Waals surface area contributed by atoms with Crippen LogP contribution in [0.2, 0.25) is 0 Å². The minimum Gasteiger partial charge on any atom is -0.496 e. The van der Waals surface area contributed by atoms with Gasteiger partial charge in [-0.05, 0) is 43.4 Å². The first-order chi connectivity index (χ1) is 12.3. The molecule has 2 heterocycles. The summed E-state index contributed by atoms with van der Waals surface area (Å²) in [6.07, 6.45) is 4.15. The van der Waals surface area contributed by atoms with Gasteiger partial charge in [-0.15, -0.1) is 0 Å². The molecule has 0 bridgehead atoms. The Morgan fingerprint density at radius 2 is 2.04 bits per heavy atom. The summed E-state index contributed by atoms with van der Waals surface area (Å²) < 4.78 is 10.8. The van der Waals surface area contributed by atoms with Crippen molar-refractivity contribution in [3.63, 3.8) is 0 Å². The Hall–Kier alpha value is -1.59. The maximum absolute atomic E-state index is 12.3. The third-order valence-corrected chi connectivity index (χ3v) is 5.31. The largest absolute Gasteiger partial charge is 0.496 e. The predicted octanol–water partition coefficient (Wildman–Crippen LogP) is 2.20. The number of nitrogens with zero attached hydrogens (tertiary/aromatic N) is 2. The molecule has 25 heavy (non-hydrogen) atoms. The summed E-state index contributed by atoms with van der Waals surface area (Å²) in [5, 5.41) is 0. The van der Waals surface area contributed by atoms with Gasteiger partial charge in [0.15, 0.2) is 0 Å². The van der Waals surface area contributed by atoms with E-state index in [1.807, 2.05) is 17.0 Å². The molecule has 0 radical (unpaired) electrons. The smallest absolute Gasteiger partial charge is 0.224 e. The van der Waals surface area contributed by atoms with Crippen LogP contribution in [0.4, 0.5) is 0 Å². The summed E-state index contributed by atoms with van der Waals surface area (Å²) in [4.78, 5) is 16.7. The Morgan fingerprint density at radius 1 is 1.24 bits per heavy atom. The number of ether oxygens (including phenoxy) is 2. The Balaban J connectivity index is 1.47. The highest BCUT2D eigenvalue weighted by Gasteiger charge is 2.23. The van der Waals surface area contributed by atoms with E-state index in [0.717, 1.165) is 44.9 Å². The highest BCUT2D eigenvalue weighted by Crippen LogP contribution is 2.26. The van der Waals surface area contributed by atoms with Crippen LogP contribution in [-0.4, -0.2) is 68.8 Å². The average Bonchev–Trinajstić information content (AvgIpc) is 2.67. The molecule has 0 saturated carbocycles. The number of piperidine rings is 1. The van der Waals surface area contributed by atoms with E-state index in [0.29, 0.717) is 25.6 Å². The molecule has 138 valence electrons. The highest BCUT2D eigenvalue weighted by molar-refractivity contribution is 5.76. The molecular weight excluding hydrogens is 316 g/mol. The molecule has 1 aromatic carbocycles. The maximum Gasteiger partial charge on any atom is 0.224 e. The van der Waals surface area contributed by atoms with Gasteiger partial charge < -0.3 is 19.3 Å². The monoisotopic (exact) mass is 346 g/mol. The fourth-order valence-corrected chi connectivity index (χ4v) is 3.93. The molecule has 2 aliphatic rings. The van der Waals surface area contributed by atoms with E-state index in [9.17, 15) is 4.79 Å². The molecule has 1 amide bonds. The molecular formula is C20H30N2O3. The molecule has 0 spiro atoms. The number of methoxy groups -OCH3 is 1. The van der Waals surface area contributed by atoms with Crippen molar-refractivity contribution in [2.45, 2.75) is 25.7 Å². The van der Waals surface area contributed by atoms with E-state index >= 15 is 0 Å². The number of amides is 1. The number of hydrogen-bond acceptors (Lipinski definition) is 4. The molecule has 0 aromatic heterocycles. The number of carbonyl (C=O) groups excluding carboxylic acids is 1. The molecule has 0 aliphatic carbocycles. The van der Waals surface area contributed by atoms with Gasteiger partial charge in [0.25, 0.3) is 0 Å². The summed E-state index contributed by atoms with van der Waals surface area (Å²) >= 11 is 0. The van der Waals surface area contributed by atoms with Crippen molar-refractivity contribution in [2.75, 3.05) is 53.0 Å². The van der Waals surface area contributed by atoms with E-state index in [2.05, 4.69) is 17.0 Å². The predicted molar refractivity (Wildman–Crippen MR) is 97.9 cm³/mol. The van der Waals surface area contributed by atoms with Crippen LogP contribution in [0.3, 0.4) is 0 Å². The standard InChI is InChI=1S/C20H30N2O3/c1-24-19-7-3-2-6-18(19)15-17-5-4-9-21(16-17)10-8-20(23)22-11-13-25-14-12-22/h2-3,6-7,17H,4-5,8-16H2,1H3. The maximum atomic E-state index is 12.3. The number of rotatable bonds is 6. The van der Waals surface area contributed by atoms with E-state index in [1.54, 1.807) is 7.11 Å². The van der Waals surface area contributed by atoms with Crippen LogP contribution in [0, 0.1) is 5.92 Å². The van der Waals surface area contributed by atoms with Crippen LogP contribution in [0.25, 0.3) is 0 Å². The number of hydrogen-bond donors (Lipinski definition) is 0. The number of benzene rings is 1. The van der Waals surface area contributed by atoms with Crippen LogP contribution in [0.5, 0.6) is 5.75 Å². The van der Waals surface area contributed by atoms with Crippen molar-refractivity contribution < 1.29 is 14.3 Å². The quantitative estimate of drug-likeness (QED) is 0.792. The molecule has 3 rings (SSSR count). The lowest BCUT2D eigenvalue weighted by molar-refractivity contribution is -0.135. The molecule has 1 atom stereocenters.